The van der Waals surface area contributed by atoms with Crippen LogP contribution in [0.25, 0.3) is 0 Å². The van der Waals surface area contributed by atoms with Gasteiger partial charge in [0, 0.05) is 35.7 Å². The van der Waals surface area contributed by atoms with Crippen LogP contribution < -0.4 is 0 Å². The van der Waals surface area contributed by atoms with Gasteiger partial charge in [0.25, 0.3) is 17.3 Å². The van der Waals surface area contributed by atoms with Gasteiger partial charge in [0.1, 0.15) is 0 Å². The highest BCUT2D eigenvalue weighted by Crippen LogP contribution is 2.42. The number of hydrazone groups is 1. The maximum atomic E-state index is 13.5. The Kier molecular flexibility index (Phi) is 4.39. The molecular formula is C16H11F3N4O4. The van der Waals surface area contributed by atoms with E-state index in [1.165, 1.54) is 24.5 Å². The fourth-order valence-corrected chi connectivity index (χ4v) is 2.53. The molecule has 1 atom stereocenters. The number of hydrogen-bond donors (Lipinski definition) is 1. The first-order valence-corrected chi connectivity index (χ1v) is 7.49. The zero-order valence-corrected chi connectivity index (χ0v) is 13.4. The summed E-state index contributed by atoms with van der Waals surface area (Å²) in [4.78, 5) is 26.2. The zero-order valence-electron chi connectivity index (χ0n) is 13.4. The molecule has 0 bridgehead atoms. The Labute approximate surface area is 149 Å². The minimum Gasteiger partial charge on any atom is -0.362 e. The Hall–Kier alpha value is -3.34. The predicted octanol–water partition coefficient (Wildman–Crippen LogP) is 2.49. The number of aliphatic hydroxyl groups is 1. The predicted molar refractivity (Wildman–Crippen MR) is 85.7 cm³/mol. The number of alkyl halides is 3. The lowest BCUT2D eigenvalue weighted by molar-refractivity contribution is -0.384. The van der Waals surface area contributed by atoms with Crippen molar-refractivity contribution >= 4 is 17.3 Å². The van der Waals surface area contributed by atoms with Crippen molar-refractivity contribution in [1.29, 1.82) is 0 Å². The molecule has 2 aromatic rings. The summed E-state index contributed by atoms with van der Waals surface area (Å²) in [6.45, 7) is 0. The van der Waals surface area contributed by atoms with Crippen LogP contribution >= 0.6 is 0 Å². The lowest BCUT2D eigenvalue weighted by Gasteiger charge is -2.32. The second kappa shape index (κ2) is 6.43. The van der Waals surface area contributed by atoms with E-state index in [0.717, 1.165) is 24.3 Å². The van der Waals surface area contributed by atoms with Gasteiger partial charge >= 0.3 is 6.18 Å². The van der Waals surface area contributed by atoms with Crippen LogP contribution in [-0.2, 0) is 0 Å². The molecule has 2 heterocycles. The standard InChI is InChI=1S/C16H11F3N4O4/c17-16(18,19)15(25)9-13(10-5-7-20-8-6-10)21-22(15)14(24)11-1-3-12(4-2-11)23(26)27/h1-8,25H,9H2/t15-/m1/s1. The van der Waals surface area contributed by atoms with Crippen molar-refractivity contribution in [3.63, 3.8) is 0 Å². The lowest BCUT2D eigenvalue weighted by Crippen LogP contribution is -2.56. The Morgan fingerprint density at radius 3 is 2.30 bits per heavy atom. The monoisotopic (exact) mass is 380 g/mol. The average Bonchev–Trinajstić information content (AvgIpc) is 3.01. The molecule has 1 aliphatic heterocycles. The van der Waals surface area contributed by atoms with Gasteiger partial charge in [0.2, 0.25) is 0 Å². The van der Waals surface area contributed by atoms with Crippen molar-refractivity contribution in [2.24, 2.45) is 5.10 Å². The molecule has 1 aromatic heterocycles. The normalized spacial score (nSPS) is 19.7. The first-order chi connectivity index (χ1) is 12.6. The number of nitrogens with zero attached hydrogens (tertiary/aromatic N) is 4. The number of nitro groups is 1. The molecule has 0 fully saturated rings. The molecule has 8 nitrogen and oxygen atoms in total. The Bertz CT molecular complexity index is 916. The number of amides is 1. The molecular weight excluding hydrogens is 369 g/mol. The third-order valence-electron chi connectivity index (χ3n) is 3.97. The summed E-state index contributed by atoms with van der Waals surface area (Å²) in [5, 5.41) is 24.5. The van der Waals surface area contributed by atoms with Crippen molar-refractivity contribution in [3.05, 3.63) is 70.0 Å². The molecule has 1 N–H and O–H groups in total. The van der Waals surface area contributed by atoms with Crippen LogP contribution in [0.15, 0.2) is 53.9 Å². The molecule has 0 spiro atoms. The largest absolute Gasteiger partial charge is 0.438 e. The number of non-ortho nitro benzene ring substituents is 1. The van der Waals surface area contributed by atoms with Gasteiger partial charge in [-0.3, -0.25) is 19.9 Å². The van der Waals surface area contributed by atoms with E-state index < -0.39 is 29.2 Å². The van der Waals surface area contributed by atoms with E-state index in [4.69, 9.17) is 0 Å². The molecule has 3 rings (SSSR count). The van der Waals surface area contributed by atoms with E-state index in [0.29, 0.717) is 0 Å². The first kappa shape index (κ1) is 18.5. The number of benzene rings is 1. The van der Waals surface area contributed by atoms with E-state index in [-0.39, 0.29) is 27.5 Å². The van der Waals surface area contributed by atoms with Crippen molar-refractivity contribution in [2.45, 2.75) is 18.3 Å². The van der Waals surface area contributed by atoms with Crippen molar-refractivity contribution < 1.29 is 28.0 Å². The Morgan fingerprint density at radius 1 is 1.19 bits per heavy atom. The number of pyridine rings is 1. The number of hydrogen-bond acceptors (Lipinski definition) is 6. The van der Waals surface area contributed by atoms with Gasteiger partial charge in [0.15, 0.2) is 0 Å². The summed E-state index contributed by atoms with van der Waals surface area (Å²) < 4.78 is 40.5. The summed E-state index contributed by atoms with van der Waals surface area (Å²) in [6, 6.07) is 6.74. The van der Waals surface area contributed by atoms with Gasteiger partial charge in [-0.1, -0.05) is 0 Å². The summed E-state index contributed by atoms with van der Waals surface area (Å²) in [5.74, 6) is -1.24. The minimum atomic E-state index is -5.18. The molecule has 140 valence electrons. The fraction of sp³-hybridized carbons (Fsp3) is 0.188. The molecule has 1 amide bonds. The SMILES string of the molecule is O=C(c1ccc([N+](=O)[O-])cc1)N1N=C(c2ccncc2)C[C@@]1(O)C(F)(F)F. The Balaban J connectivity index is 2.01. The van der Waals surface area contributed by atoms with Crippen LogP contribution in [0.5, 0.6) is 0 Å². The van der Waals surface area contributed by atoms with Gasteiger partial charge < -0.3 is 5.11 Å². The van der Waals surface area contributed by atoms with Crippen LogP contribution in [-0.4, -0.2) is 43.5 Å². The summed E-state index contributed by atoms with van der Waals surface area (Å²) in [5.41, 5.74) is -4.04. The topological polar surface area (TPSA) is 109 Å². The zero-order chi connectivity index (χ0) is 19.8. The first-order valence-electron chi connectivity index (χ1n) is 7.49. The number of nitro benzene ring substituents is 1. The van der Waals surface area contributed by atoms with Crippen LogP contribution in [0.4, 0.5) is 18.9 Å². The lowest BCUT2D eigenvalue weighted by atomic mass is 10.0. The van der Waals surface area contributed by atoms with Gasteiger partial charge in [-0.25, -0.2) is 0 Å². The summed E-state index contributed by atoms with van der Waals surface area (Å²) in [6.07, 6.45) is -3.46. The molecule has 11 heteroatoms. The smallest absolute Gasteiger partial charge is 0.362 e. The quantitative estimate of drug-likeness (QED) is 0.650. The molecule has 1 aromatic carbocycles. The van der Waals surface area contributed by atoms with Crippen LogP contribution in [0.3, 0.4) is 0 Å². The third-order valence-corrected chi connectivity index (χ3v) is 3.97. The average molecular weight is 380 g/mol. The molecule has 0 unspecified atom stereocenters. The van der Waals surface area contributed by atoms with E-state index in [9.17, 15) is 33.2 Å². The van der Waals surface area contributed by atoms with Gasteiger partial charge in [-0.15, -0.1) is 0 Å². The van der Waals surface area contributed by atoms with Gasteiger partial charge in [0.05, 0.1) is 17.1 Å². The number of carbonyl (C=O) groups excluding carboxylic acids is 1. The van der Waals surface area contributed by atoms with Crippen LogP contribution in [0.1, 0.15) is 22.3 Å². The maximum Gasteiger partial charge on any atom is 0.438 e. The van der Waals surface area contributed by atoms with Crippen LogP contribution in [0, 0.1) is 10.1 Å². The molecule has 0 radical (unpaired) electrons. The van der Waals surface area contributed by atoms with E-state index in [1.807, 2.05) is 0 Å². The third kappa shape index (κ3) is 3.24. The highest BCUT2D eigenvalue weighted by atomic mass is 19.4. The highest BCUT2D eigenvalue weighted by Gasteiger charge is 2.63. The molecule has 1 aliphatic rings. The van der Waals surface area contributed by atoms with E-state index in [2.05, 4.69) is 10.1 Å². The van der Waals surface area contributed by atoms with Crippen molar-refractivity contribution in [1.82, 2.24) is 9.99 Å². The molecule has 0 aliphatic carbocycles. The van der Waals surface area contributed by atoms with Crippen molar-refractivity contribution in [2.75, 3.05) is 0 Å². The molecule has 0 saturated heterocycles. The summed E-state index contributed by atoms with van der Waals surface area (Å²) in [7, 11) is 0. The molecule has 27 heavy (non-hydrogen) atoms. The minimum absolute atomic E-state index is 0.0378. The number of rotatable bonds is 3. The second-order valence-corrected chi connectivity index (χ2v) is 5.69. The number of carbonyl (C=O) groups is 1. The van der Waals surface area contributed by atoms with Gasteiger partial charge in [-0.2, -0.15) is 23.3 Å². The highest BCUT2D eigenvalue weighted by molar-refractivity contribution is 6.05. The Morgan fingerprint density at radius 2 is 1.78 bits per heavy atom. The van der Waals surface area contributed by atoms with Crippen LogP contribution in [0.2, 0.25) is 0 Å². The van der Waals surface area contributed by atoms with Gasteiger partial charge in [-0.05, 0) is 24.3 Å². The summed E-state index contributed by atoms with van der Waals surface area (Å²) >= 11 is 0. The fourth-order valence-electron chi connectivity index (χ4n) is 2.53. The number of aromatic nitrogens is 1. The maximum absolute atomic E-state index is 13.5. The second-order valence-electron chi connectivity index (χ2n) is 5.69. The van der Waals surface area contributed by atoms with E-state index in [1.54, 1.807) is 0 Å². The van der Waals surface area contributed by atoms with Crippen molar-refractivity contribution in [3.8, 4) is 0 Å². The molecule has 0 saturated carbocycles. The van der Waals surface area contributed by atoms with E-state index >= 15 is 0 Å². The number of halogens is 3.